The zero-order valence-electron chi connectivity index (χ0n) is 11.5. The highest BCUT2D eigenvalue weighted by molar-refractivity contribution is 6.35. The summed E-state index contributed by atoms with van der Waals surface area (Å²) in [7, 11) is 0. The average molecular weight is 281 g/mol. The average Bonchev–Trinajstić information content (AvgIpc) is 2.67. The van der Waals surface area contributed by atoms with Crippen molar-refractivity contribution in [2.45, 2.75) is 39.7 Å². The maximum absolute atomic E-state index is 12.2. The number of aromatic nitrogens is 2. The van der Waals surface area contributed by atoms with Gasteiger partial charge < -0.3 is 4.74 Å². The summed E-state index contributed by atoms with van der Waals surface area (Å²) in [4.78, 5) is 16.5. The summed E-state index contributed by atoms with van der Waals surface area (Å²) in [6.07, 6.45) is 3.73. The summed E-state index contributed by atoms with van der Waals surface area (Å²) in [6, 6.07) is 1.67. The Hall–Kier alpha value is -1.55. The number of hydrogen-bond acceptors (Lipinski definition) is 3. The molecule has 0 aliphatic carbocycles. The smallest absolute Gasteiger partial charge is 0.419 e. The third-order valence-corrected chi connectivity index (χ3v) is 2.98. The van der Waals surface area contributed by atoms with E-state index in [-0.39, 0.29) is 0 Å². The van der Waals surface area contributed by atoms with Gasteiger partial charge >= 0.3 is 6.09 Å². The van der Waals surface area contributed by atoms with E-state index in [1.807, 2.05) is 27.7 Å². The van der Waals surface area contributed by atoms with Gasteiger partial charge in [0, 0.05) is 12.4 Å². The lowest BCUT2D eigenvalue weighted by Gasteiger charge is -2.19. The topological polar surface area (TPSA) is 44.1 Å². The third-order valence-electron chi connectivity index (χ3n) is 2.68. The second kappa shape index (κ2) is 4.85. The molecule has 0 amide bonds. The van der Waals surface area contributed by atoms with Crippen LogP contribution in [0.25, 0.3) is 11.0 Å². The van der Waals surface area contributed by atoms with Crippen molar-refractivity contribution in [2.75, 3.05) is 0 Å². The molecule has 102 valence electrons. The Bertz CT molecular complexity index is 626. The van der Waals surface area contributed by atoms with Crippen LogP contribution in [0.1, 0.15) is 33.3 Å². The van der Waals surface area contributed by atoms with E-state index in [9.17, 15) is 4.79 Å². The quantitative estimate of drug-likeness (QED) is 0.792. The van der Waals surface area contributed by atoms with Crippen LogP contribution in [0.3, 0.4) is 0 Å². The van der Waals surface area contributed by atoms with E-state index >= 15 is 0 Å². The molecular formula is C14H17ClN2O2. The molecule has 19 heavy (non-hydrogen) atoms. The molecule has 2 rings (SSSR count). The molecule has 0 aliphatic heterocycles. The van der Waals surface area contributed by atoms with E-state index in [4.69, 9.17) is 16.3 Å². The molecule has 0 atom stereocenters. The number of rotatable bonds is 1. The molecule has 5 heteroatoms. The van der Waals surface area contributed by atoms with Gasteiger partial charge in [-0.1, -0.05) is 18.5 Å². The van der Waals surface area contributed by atoms with Gasteiger partial charge in [0.05, 0.1) is 16.1 Å². The van der Waals surface area contributed by atoms with Crippen LogP contribution in [0.5, 0.6) is 0 Å². The fourth-order valence-corrected chi connectivity index (χ4v) is 2.13. The van der Waals surface area contributed by atoms with E-state index in [1.54, 1.807) is 18.5 Å². The number of hydrogen-bond donors (Lipinski definition) is 0. The fraction of sp³-hybridized carbons (Fsp3) is 0.429. The van der Waals surface area contributed by atoms with Crippen LogP contribution in [0.2, 0.25) is 5.02 Å². The molecule has 4 nitrogen and oxygen atoms in total. The fourth-order valence-electron chi connectivity index (χ4n) is 1.89. The Morgan fingerprint density at radius 2 is 2.16 bits per heavy atom. The first-order chi connectivity index (χ1) is 8.83. The monoisotopic (exact) mass is 280 g/mol. The Balaban J connectivity index is 2.58. The van der Waals surface area contributed by atoms with Crippen LogP contribution < -0.4 is 0 Å². The molecule has 0 spiro atoms. The van der Waals surface area contributed by atoms with Crippen molar-refractivity contribution in [1.82, 2.24) is 9.55 Å². The molecule has 0 bridgehead atoms. The maximum Gasteiger partial charge on any atom is 0.419 e. The van der Waals surface area contributed by atoms with Crippen LogP contribution in [-0.2, 0) is 11.2 Å². The van der Waals surface area contributed by atoms with Gasteiger partial charge in [-0.05, 0) is 38.8 Å². The molecule has 0 saturated carbocycles. The predicted molar refractivity (Wildman–Crippen MR) is 75.8 cm³/mol. The highest BCUT2D eigenvalue weighted by atomic mass is 35.5. The number of nitrogens with zero attached hydrogens (tertiary/aromatic N) is 2. The van der Waals surface area contributed by atoms with Crippen molar-refractivity contribution in [1.29, 1.82) is 0 Å². The lowest BCUT2D eigenvalue weighted by Crippen LogP contribution is -2.26. The minimum atomic E-state index is -0.547. The molecule has 2 aromatic heterocycles. The molecule has 0 unspecified atom stereocenters. The second-order valence-electron chi connectivity index (χ2n) is 5.35. The Morgan fingerprint density at radius 1 is 1.47 bits per heavy atom. The summed E-state index contributed by atoms with van der Waals surface area (Å²) in [5.74, 6) is 0. The normalized spacial score (nSPS) is 11.8. The highest BCUT2D eigenvalue weighted by Crippen LogP contribution is 2.27. The SMILES string of the molecule is CCc1cn(C(=O)OC(C)(C)C)c2c(Cl)ccnc12. The highest BCUT2D eigenvalue weighted by Gasteiger charge is 2.22. The van der Waals surface area contributed by atoms with Gasteiger partial charge in [0.25, 0.3) is 0 Å². The van der Waals surface area contributed by atoms with Gasteiger partial charge in [-0.15, -0.1) is 0 Å². The molecular weight excluding hydrogens is 264 g/mol. The molecule has 0 N–H and O–H groups in total. The Kier molecular flexibility index (Phi) is 3.54. The molecule has 2 aromatic rings. The van der Waals surface area contributed by atoms with Crippen molar-refractivity contribution in [3.63, 3.8) is 0 Å². The number of halogens is 1. The molecule has 0 aromatic carbocycles. The van der Waals surface area contributed by atoms with Crippen molar-refractivity contribution in [3.8, 4) is 0 Å². The van der Waals surface area contributed by atoms with Crippen LogP contribution in [0, 0.1) is 0 Å². The summed E-state index contributed by atoms with van der Waals surface area (Å²) in [5.41, 5.74) is 1.79. The lowest BCUT2D eigenvalue weighted by atomic mass is 10.2. The number of fused-ring (bicyclic) bond motifs is 1. The predicted octanol–water partition coefficient (Wildman–Crippen LogP) is 4.04. The number of ether oxygens (including phenoxy) is 1. The zero-order chi connectivity index (χ0) is 14.2. The van der Waals surface area contributed by atoms with Gasteiger partial charge in [-0.3, -0.25) is 4.98 Å². The van der Waals surface area contributed by atoms with Gasteiger partial charge in [0.15, 0.2) is 0 Å². The molecule has 0 aliphatic rings. The first-order valence-corrected chi connectivity index (χ1v) is 6.59. The van der Waals surface area contributed by atoms with Crippen LogP contribution in [0.15, 0.2) is 18.5 Å². The van der Waals surface area contributed by atoms with Crippen LogP contribution in [-0.4, -0.2) is 21.2 Å². The van der Waals surface area contributed by atoms with Crippen molar-refractivity contribution < 1.29 is 9.53 Å². The second-order valence-corrected chi connectivity index (χ2v) is 5.76. The zero-order valence-corrected chi connectivity index (χ0v) is 12.3. The third kappa shape index (κ3) is 2.73. The summed E-state index contributed by atoms with van der Waals surface area (Å²) < 4.78 is 6.82. The summed E-state index contributed by atoms with van der Waals surface area (Å²) in [5, 5.41) is 0.496. The molecule has 0 saturated heterocycles. The lowest BCUT2D eigenvalue weighted by molar-refractivity contribution is 0.0544. The van der Waals surface area contributed by atoms with E-state index in [0.717, 1.165) is 17.5 Å². The summed E-state index contributed by atoms with van der Waals surface area (Å²) >= 11 is 6.18. The minimum absolute atomic E-state index is 0.438. The van der Waals surface area contributed by atoms with E-state index < -0.39 is 11.7 Å². The van der Waals surface area contributed by atoms with Crippen LogP contribution in [0.4, 0.5) is 4.79 Å². The van der Waals surface area contributed by atoms with Gasteiger partial charge in [0.2, 0.25) is 0 Å². The minimum Gasteiger partial charge on any atom is -0.443 e. The largest absolute Gasteiger partial charge is 0.443 e. The standard InChI is InChI=1S/C14H17ClN2O2/c1-5-9-8-17(13(18)19-14(2,3)4)12-10(15)6-7-16-11(9)12/h6-8H,5H2,1-4H3. The van der Waals surface area contributed by atoms with E-state index in [0.29, 0.717) is 10.5 Å². The van der Waals surface area contributed by atoms with Gasteiger partial charge in [0.1, 0.15) is 5.60 Å². The number of aryl methyl sites for hydroxylation is 1. The first-order valence-electron chi connectivity index (χ1n) is 6.21. The Morgan fingerprint density at radius 3 is 2.74 bits per heavy atom. The number of carbonyl (C=O) groups is 1. The Labute approximate surface area is 117 Å². The van der Waals surface area contributed by atoms with E-state index in [1.165, 1.54) is 4.57 Å². The van der Waals surface area contributed by atoms with Gasteiger partial charge in [-0.2, -0.15) is 0 Å². The molecule has 2 heterocycles. The van der Waals surface area contributed by atoms with E-state index in [2.05, 4.69) is 4.98 Å². The first kappa shape index (κ1) is 13.9. The van der Waals surface area contributed by atoms with Crippen LogP contribution >= 0.6 is 11.6 Å². The maximum atomic E-state index is 12.2. The van der Waals surface area contributed by atoms with Gasteiger partial charge in [-0.25, -0.2) is 9.36 Å². The molecule has 0 radical (unpaired) electrons. The van der Waals surface area contributed by atoms with Crippen molar-refractivity contribution >= 4 is 28.7 Å². The summed E-state index contributed by atoms with van der Waals surface area (Å²) in [6.45, 7) is 7.50. The molecule has 0 fully saturated rings. The van der Waals surface area contributed by atoms with Crippen molar-refractivity contribution in [3.05, 3.63) is 29.0 Å². The van der Waals surface area contributed by atoms with Crippen molar-refractivity contribution in [2.24, 2.45) is 0 Å². The number of carbonyl (C=O) groups excluding carboxylic acids is 1. The number of pyridine rings is 1.